The van der Waals surface area contributed by atoms with Gasteiger partial charge in [-0.05, 0) is 37.1 Å². The molecule has 2 fully saturated rings. The predicted molar refractivity (Wildman–Crippen MR) is 61.6 cm³/mol. The molecule has 0 radical (unpaired) electrons. The summed E-state index contributed by atoms with van der Waals surface area (Å²) in [5.74, 6) is 1.47. The fourth-order valence-corrected chi connectivity index (χ4v) is 4.91. The maximum absolute atomic E-state index is 11.6. The highest BCUT2D eigenvalue weighted by molar-refractivity contribution is 7.91. The molecule has 0 bridgehead atoms. The molecule has 15 heavy (non-hydrogen) atoms. The lowest BCUT2D eigenvalue weighted by atomic mass is 9.99. The summed E-state index contributed by atoms with van der Waals surface area (Å²) in [4.78, 5) is 0. The molecular formula is C11H21NO2S. The minimum absolute atomic E-state index is 0.166. The number of sulfone groups is 1. The Bertz CT molecular complexity index is 336. The highest BCUT2D eigenvalue weighted by Crippen LogP contribution is 2.58. The van der Waals surface area contributed by atoms with Gasteiger partial charge in [0.05, 0.1) is 11.5 Å². The molecule has 2 unspecified atom stereocenters. The molecule has 1 saturated heterocycles. The van der Waals surface area contributed by atoms with Crippen molar-refractivity contribution in [1.29, 1.82) is 0 Å². The molecule has 2 aliphatic rings. The van der Waals surface area contributed by atoms with Crippen LogP contribution in [-0.4, -0.2) is 32.5 Å². The maximum atomic E-state index is 11.6. The Labute approximate surface area is 92.6 Å². The molecular weight excluding hydrogens is 210 g/mol. The van der Waals surface area contributed by atoms with Crippen molar-refractivity contribution in [1.82, 2.24) is 5.32 Å². The first-order valence-electron chi connectivity index (χ1n) is 5.87. The second-order valence-electron chi connectivity index (χ2n) is 5.52. The van der Waals surface area contributed by atoms with E-state index < -0.39 is 9.84 Å². The van der Waals surface area contributed by atoms with Gasteiger partial charge in [-0.1, -0.05) is 13.8 Å². The number of rotatable bonds is 3. The van der Waals surface area contributed by atoms with Crippen LogP contribution in [0, 0.1) is 11.3 Å². The summed E-state index contributed by atoms with van der Waals surface area (Å²) in [6, 6.07) is 0.503. The topological polar surface area (TPSA) is 46.2 Å². The van der Waals surface area contributed by atoms with Gasteiger partial charge in [-0.15, -0.1) is 0 Å². The van der Waals surface area contributed by atoms with E-state index in [1.165, 1.54) is 0 Å². The second-order valence-corrected chi connectivity index (χ2v) is 7.71. The molecule has 88 valence electrons. The van der Waals surface area contributed by atoms with E-state index in [0.29, 0.717) is 23.5 Å². The lowest BCUT2D eigenvalue weighted by molar-refractivity contribution is 0.413. The van der Waals surface area contributed by atoms with Gasteiger partial charge in [0, 0.05) is 6.04 Å². The maximum Gasteiger partial charge on any atom is 0.150 e. The molecule has 1 aliphatic carbocycles. The van der Waals surface area contributed by atoms with E-state index in [1.807, 2.05) is 0 Å². The SMILES string of the molecule is CC(C)NCC1CC12CCCS(=O)(=O)C2. The quantitative estimate of drug-likeness (QED) is 0.794. The summed E-state index contributed by atoms with van der Waals surface area (Å²) in [6.45, 7) is 5.26. The van der Waals surface area contributed by atoms with E-state index in [9.17, 15) is 8.42 Å². The Balaban J connectivity index is 1.89. The number of hydrogen-bond acceptors (Lipinski definition) is 3. The van der Waals surface area contributed by atoms with Crippen LogP contribution >= 0.6 is 0 Å². The van der Waals surface area contributed by atoms with E-state index in [0.717, 1.165) is 25.8 Å². The molecule has 1 heterocycles. The standard InChI is InChI=1S/C11H21NO2S/c1-9(2)12-7-10-6-11(10)4-3-5-15(13,14)8-11/h9-10,12H,3-8H2,1-2H3. The van der Waals surface area contributed by atoms with E-state index in [2.05, 4.69) is 19.2 Å². The molecule has 1 spiro atoms. The van der Waals surface area contributed by atoms with Crippen LogP contribution in [0.5, 0.6) is 0 Å². The van der Waals surface area contributed by atoms with Gasteiger partial charge in [-0.3, -0.25) is 0 Å². The summed E-state index contributed by atoms with van der Waals surface area (Å²) in [5.41, 5.74) is 0.166. The van der Waals surface area contributed by atoms with Gasteiger partial charge in [0.25, 0.3) is 0 Å². The van der Waals surface area contributed by atoms with Crippen molar-refractivity contribution in [2.45, 2.75) is 39.2 Å². The van der Waals surface area contributed by atoms with Crippen molar-refractivity contribution in [3.05, 3.63) is 0 Å². The van der Waals surface area contributed by atoms with Gasteiger partial charge in [0.15, 0.2) is 9.84 Å². The molecule has 3 nitrogen and oxygen atoms in total. The average molecular weight is 231 g/mol. The van der Waals surface area contributed by atoms with Crippen molar-refractivity contribution in [2.75, 3.05) is 18.1 Å². The van der Waals surface area contributed by atoms with Crippen molar-refractivity contribution in [3.8, 4) is 0 Å². The normalized spacial score (nSPS) is 38.5. The summed E-state index contributed by atoms with van der Waals surface area (Å²) in [5, 5.41) is 3.41. The largest absolute Gasteiger partial charge is 0.314 e. The molecule has 2 atom stereocenters. The summed E-state index contributed by atoms with van der Waals surface area (Å²) in [6.07, 6.45) is 3.11. The number of nitrogens with one attached hydrogen (secondary N) is 1. The molecule has 0 aromatic rings. The fraction of sp³-hybridized carbons (Fsp3) is 1.00. The zero-order chi connectivity index (χ0) is 11.1. The van der Waals surface area contributed by atoms with Crippen molar-refractivity contribution in [2.24, 2.45) is 11.3 Å². The molecule has 0 amide bonds. The van der Waals surface area contributed by atoms with Crippen LogP contribution in [0.2, 0.25) is 0 Å². The summed E-state index contributed by atoms with van der Waals surface area (Å²) >= 11 is 0. The molecule has 0 aromatic carbocycles. The van der Waals surface area contributed by atoms with Crippen molar-refractivity contribution < 1.29 is 8.42 Å². The Hall–Kier alpha value is -0.0900. The summed E-state index contributed by atoms with van der Waals surface area (Å²) < 4.78 is 23.1. The van der Waals surface area contributed by atoms with Crippen molar-refractivity contribution >= 4 is 9.84 Å². The van der Waals surface area contributed by atoms with E-state index >= 15 is 0 Å². The van der Waals surface area contributed by atoms with Crippen LogP contribution in [0.3, 0.4) is 0 Å². The third kappa shape index (κ3) is 2.53. The molecule has 1 aliphatic heterocycles. The highest BCUT2D eigenvalue weighted by atomic mass is 32.2. The van der Waals surface area contributed by atoms with Crippen molar-refractivity contribution in [3.63, 3.8) is 0 Å². The molecule has 1 N–H and O–H groups in total. The van der Waals surface area contributed by atoms with Gasteiger partial charge in [0.1, 0.15) is 0 Å². The molecule has 0 aromatic heterocycles. The smallest absolute Gasteiger partial charge is 0.150 e. The lowest BCUT2D eigenvalue weighted by Gasteiger charge is -2.23. The van der Waals surface area contributed by atoms with E-state index in [4.69, 9.17) is 0 Å². The van der Waals surface area contributed by atoms with Crippen LogP contribution in [0.4, 0.5) is 0 Å². The minimum atomic E-state index is -2.73. The fourth-order valence-electron chi connectivity index (χ4n) is 2.81. The molecule has 2 rings (SSSR count). The van der Waals surface area contributed by atoms with Gasteiger partial charge in [0.2, 0.25) is 0 Å². The van der Waals surface area contributed by atoms with E-state index in [-0.39, 0.29) is 5.41 Å². The first kappa shape index (κ1) is 11.4. The van der Waals surface area contributed by atoms with Gasteiger partial charge < -0.3 is 5.32 Å². The van der Waals surface area contributed by atoms with Crippen LogP contribution in [0.25, 0.3) is 0 Å². The van der Waals surface area contributed by atoms with Gasteiger partial charge >= 0.3 is 0 Å². The monoisotopic (exact) mass is 231 g/mol. The van der Waals surface area contributed by atoms with Gasteiger partial charge in [-0.2, -0.15) is 0 Å². The van der Waals surface area contributed by atoms with Crippen LogP contribution in [0.1, 0.15) is 33.1 Å². The molecule has 1 saturated carbocycles. The Morgan fingerprint density at radius 1 is 1.47 bits per heavy atom. The zero-order valence-electron chi connectivity index (χ0n) is 9.62. The highest BCUT2D eigenvalue weighted by Gasteiger charge is 2.56. The Kier molecular flexibility index (Phi) is 2.84. The first-order valence-corrected chi connectivity index (χ1v) is 7.69. The van der Waals surface area contributed by atoms with Crippen LogP contribution < -0.4 is 5.32 Å². The van der Waals surface area contributed by atoms with Crippen LogP contribution in [-0.2, 0) is 9.84 Å². The zero-order valence-corrected chi connectivity index (χ0v) is 10.4. The third-order valence-corrected chi connectivity index (χ3v) is 5.69. The predicted octanol–water partition coefficient (Wildman–Crippen LogP) is 1.20. The van der Waals surface area contributed by atoms with E-state index in [1.54, 1.807) is 0 Å². The Morgan fingerprint density at radius 2 is 2.20 bits per heavy atom. The average Bonchev–Trinajstić information content (AvgIpc) is 2.72. The first-order chi connectivity index (χ1) is 6.94. The lowest BCUT2D eigenvalue weighted by Crippen LogP contribution is -2.31. The second kappa shape index (κ2) is 3.74. The minimum Gasteiger partial charge on any atom is -0.314 e. The third-order valence-electron chi connectivity index (χ3n) is 3.77. The Morgan fingerprint density at radius 3 is 2.80 bits per heavy atom. The summed E-state index contributed by atoms with van der Waals surface area (Å²) in [7, 11) is -2.73. The molecule has 4 heteroatoms. The van der Waals surface area contributed by atoms with Gasteiger partial charge in [-0.25, -0.2) is 8.42 Å². The number of hydrogen-bond donors (Lipinski definition) is 1. The van der Waals surface area contributed by atoms with Crippen LogP contribution in [0.15, 0.2) is 0 Å².